The van der Waals surface area contributed by atoms with Crippen LogP contribution in [0.5, 0.6) is 0 Å². The van der Waals surface area contributed by atoms with E-state index in [4.69, 9.17) is 5.73 Å². The molecule has 0 amide bonds. The third-order valence-corrected chi connectivity index (χ3v) is 1.56. The quantitative estimate of drug-likeness (QED) is 0.662. The molecule has 0 atom stereocenters. The maximum Gasteiger partial charge on any atom is 0.167 e. The number of aromatic nitrogens is 2. The fraction of sp³-hybridized carbons (Fsp3) is 0.375. The predicted molar refractivity (Wildman–Crippen MR) is 45.8 cm³/mol. The van der Waals surface area contributed by atoms with Crippen molar-refractivity contribution in [1.82, 2.24) is 9.97 Å². The first-order chi connectivity index (χ1) is 5.65. The average molecular weight is 165 g/mol. The number of nitrogens with two attached hydrogens (primary N) is 1. The Labute approximate surface area is 70.8 Å². The van der Waals surface area contributed by atoms with Crippen molar-refractivity contribution < 1.29 is 4.79 Å². The molecule has 0 aromatic carbocycles. The van der Waals surface area contributed by atoms with Gasteiger partial charge in [0.1, 0.15) is 11.6 Å². The van der Waals surface area contributed by atoms with Crippen molar-refractivity contribution in [2.45, 2.75) is 20.3 Å². The first-order valence-corrected chi connectivity index (χ1v) is 3.77. The Bertz CT molecular complexity index is 309. The van der Waals surface area contributed by atoms with Gasteiger partial charge in [-0.25, -0.2) is 9.97 Å². The van der Waals surface area contributed by atoms with Crippen molar-refractivity contribution in [3.63, 3.8) is 0 Å². The van der Waals surface area contributed by atoms with E-state index in [-0.39, 0.29) is 11.6 Å². The van der Waals surface area contributed by atoms with Crippen LogP contribution in [-0.2, 0) is 0 Å². The van der Waals surface area contributed by atoms with Crippen LogP contribution in [0.3, 0.4) is 0 Å². The molecule has 12 heavy (non-hydrogen) atoms. The Morgan fingerprint density at radius 1 is 1.67 bits per heavy atom. The summed E-state index contributed by atoms with van der Waals surface area (Å²) in [4.78, 5) is 19.0. The van der Waals surface area contributed by atoms with E-state index >= 15 is 0 Å². The van der Waals surface area contributed by atoms with Gasteiger partial charge in [-0.05, 0) is 6.92 Å². The van der Waals surface area contributed by atoms with Gasteiger partial charge in [0.2, 0.25) is 0 Å². The molecule has 0 bridgehead atoms. The van der Waals surface area contributed by atoms with Gasteiger partial charge < -0.3 is 5.73 Å². The standard InChI is InChI=1S/C8H11N3O/c1-3-7(12)6-4-10-5(2)11-8(6)9/h4H,3H2,1-2H3,(H2,9,10,11). The van der Waals surface area contributed by atoms with Crippen LogP contribution in [0.4, 0.5) is 5.82 Å². The van der Waals surface area contributed by atoms with E-state index in [1.165, 1.54) is 6.20 Å². The van der Waals surface area contributed by atoms with Crippen LogP contribution in [0.15, 0.2) is 6.20 Å². The number of nitrogens with zero attached hydrogens (tertiary/aromatic N) is 2. The van der Waals surface area contributed by atoms with Crippen LogP contribution in [0, 0.1) is 6.92 Å². The summed E-state index contributed by atoms with van der Waals surface area (Å²) in [5.41, 5.74) is 5.95. The summed E-state index contributed by atoms with van der Waals surface area (Å²) in [6, 6.07) is 0. The lowest BCUT2D eigenvalue weighted by Gasteiger charge is -2.01. The van der Waals surface area contributed by atoms with Crippen LogP contribution in [0.1, 0.15) is 29.5 Å². The molecule has 0 radical (unpaired) electrons. The van der Waals surface area contributed by atoms with E-state index in [1.54, 1.807) is 13.8 Å². The van der Waals surface area contributed by atoms with Crippen molar-refractivity contribution in [2.75, 3.05) is 5.73 Å². The predicted octanol–water partition coefficient (Wildman–Crippen LogP) is 0.960. The lowest BCUT2D eigenvalue weighted by atomic mass is 10.1. The largest absolute Gasteiger partial charge is 0.383 e. The second kappa shape index (κ2) is 3.30. The summed E-state index contributed by atoms with van der Waals surface area (Å²) in [5, 5.41) is 0. The highest BCUT2D eigenvalue weighted by atomic mass is 16.1. The molecule has 0 aliphatic rings. The molecular formula is C8H11N3O. The number of Topliss-reactive ketones (excluding diaryl/α,β-unsaturated/α-hetero) is 1. The summed E-state index contributed by atoms with van der Waals surface area (Å²) in [6.45, 7) is 3.51. The summed E-state index contributed by atoms with van der Waals surface area (Å²) >= 11 is 0. The Kier molecular flexibility index (Phi) is 2.38. The van der Waals surface area contributed by atoms with E-state index < -0.39 is 0 Å². The molecule has 4 nitrogen and oxygen atoms in total. The lowest BCUT2D eigenvalue weighted by molar-refractivity contribution is 0.0988. The molecule has 1 rings (SSSR count). The number of nitrogen functional groups attached to an aromatic ring is 1. The number of aryl methyl sites for hydroxylation is 1. The average Bonchev–Trinajstić information content (AvgIpc) is 2.03. The molecule has 1 heterocycles. The molecule has 0 fully saturated rings. The number of hydrogen-bond acceptors (Lipinski definition) is 4. The van der Waals surface area contributed by atoms with E-state index in [9.17, 15) is 4.79 Å². The lowest BCUT2D eigenvalue weighted by Crippen LogP contribution is -2.06. The zero-order chi connectivity index (χ0) is 9.14. The normalized spacial score (nSPS) is 9.83. The zero-order valence-electron chi connectivity index (χ0n) is 7.16. The monoisotopic (exact) mass is 165 g/mol. The highest BCUT2D eigenvalue weighted by molar-refractivity contribution is 5.99. The highest BCUT2D eigenvalue weighted by Gasteiger charge is 2.08. The molecule has 0 aliphatic carbocycles. The first kappa shape index (κ1) is 8.64. The van der Waals surface area contributed by atoms with Gasteiger partial charge in [-0.2, -0.15) is 0 Å². The van der Waals surface area contributed by atoms with Gasteiger partial charge in [0.05, 0.1) is 5.56 Å². The van der Waals surface area contributed by atoms with E-state index in [1.807, 2.05) is 0 Å². The van der Waals surface area contributed by atoms with Crippen LogP contribution in [0.2, 0.25) is 0 Å². The van der Waals surface area contributed by atoms with E-state index in [0.29, 0.717) is 17.8 Å². The molecule has 64 valence electrons. The van der Waals surface area contributed by atoms with E-state index in [2.05, 4.69) is 9.97 Å². The Balaban J connectivity index is 3.09. The van der Waals surface area contributed by atoms with Crippen LogP contribution in [-0.4, -0.2) is 15.8 Å². The zero-order valence-corrected chi connectivity index (χ0v) is 7.16. The molecular weight excluding hydrogens is 154 g/mol. The number of anilines is 1. The van der Waals surface area contributed by atoms with Crippen LogP contribution in [0.25, 0.3) is 0 Å². The topological polar surface area (TPSA) is 68.9 Å². The van der Waals surface area contributed by atoms with Gasteiger partial charge in [-0.1, -0.05) is 6.92 Å². The molecule has 0 saturated carbocycles. The summed E-state index contributed by atoms with van der Waals surface area (Å²) in [5.74, 6) is 0.835. The molecule has 0 spiro atoms. The summed E-state index contributed by atoms with van der Waals surface area (Å²) < 4.78 is 0. The minimum atomic E-state index is -0.0208. The van der Waals surface area contributed by atoms with Gasteiger partial charge in [-0.3, -0.25) is 4.79 Å². The van der Waals surface area contributed by atoms with Crippen molar-refractivity contribution in [3.05, 3.63) is 17.6 Å². The number of ketones is 1. The first-order valence-electron chi connectivity index (χ1n) is 3.77. The minimum absolute atomic E-state index is 0.0208. The second-order valence-electron chi connectivity index (χ2n) is 2.49. The molecule has 2 N–H and O–H groups in total. The van der Waals surface area contributed by atoms with Crippen LogP contribution < -0.4 is 5.73 Å². The summed E-state index contributed by atoms with van der Waals surface area (Å²) in [7, 11) is 0. The Morgan fingerprint density at radius 3 is 2.83 bits per heavy atom. The fourth-order valence-electron chi connectivity index (χ4n) is 0.893. The van der Waals surface area contributed by atoms with E-state index in [0.717, 1.165) is 0 Å². The third kappa shape index (κ3) is 1.58. The molecule has 1 aromatic heterocycles. The van der Waals surface area contributed by atoms with Gasteiger partial charge in [0, 0.05) is 12.6 Å². The van der Waals surface area contributed by atoms with Gasteiger partial charge in [0.25, 0.3) is 0 Å². The third-order valence-electron chi connectivity index (χ3n) is 1.56. The SMILES string of the molecule is CCC(=O)c1cnc(C)nc1N. The maximum absolute atomic E-state index is 11.2. The van der Waals surface area contributed by atoms with Crippen molar-refractivity contribution in [1.29, 1.82) is 0 Å². The van der Waals surface area contributed by atoms with Gasteiger partial charge >= 0.3 is 0 Å². The maximum atomic E-state index is 11.2. The number of hydrogen-bond donors (Lipinski definition) is 1. The van der Waals surface area contributed by atoms with Crippen LogP contribution >= 0.6 is 0 Å². The molecule has 4 heteroatoms. The Morgan fingerprint density at radius 2 is 2.33 bits per heavy atom. The fourth-order valence-corrected chi connectivity index (χ4v) is 0.893. The number of carbonyl (C=O) groups excluding carboxylic acids is 1. The highest BCUT2D eigenvalue weighted by Crippen LogP contribution is 2.09. The number of rotatable bonds is 2. The van der Waals surface area contributed by atoms with Gasteiger partial charge in [0.15, 0.2) is 5.78 Å². The molecule has 0 saturated heterocycles. The van der Waals surface area contributed by atoms with Gasteiger partial charge in [-0.15, -0.1) is 0 Å². The van der Waals surface area contributed by atoms with Crippen molar-refractivity contribution in [3.8, 4) is 0 Å². The summed E-state index contributed by atoms with van der Waals surface area (Å²) in [6.07, 6.45) is 1.90. The van der Waals surface area contributed by atoms with Crippen molar-refractivity contribution >= 4 is 11.6 Å². The Hall–Kier alpha value is -1.45. The van der Waals surface area contributed by atoms with Crippen molar-refractivity contribution in [2.24, 2.45) is 0 Å². The second-order valence-corrected chi connectivity index (χ2v) is 2.49. The smallest absolute Gasteiger partial charge is 0.167 e. The number of carbonyl (C=O) groups is 1. The molecule has 1 aromatic rings. The molecule has 0 unspecified atom stereocenters. The molecule has 0 aliphatic heterocycles. The minimum Gasteiger partial charge on any atom is -0.383 e.